The van der Waals surface area contributed by atoms with Crippen LogP contribution in [0.1, 0.15) is 0 Å². The third-order valence-corrected chi connectivity index (χ3v) is 6.48. The van der Waals surface area contributed by atoms with Gasteiger partial charge >= 0.3 is 0 Å². The lowest BCUT2D eigenvalue weighted by Gasteiger charge is -1.99. The van der Waals surface area contributed by atoms with Crippen molar-refractivity contribution in [3.8, 4) is 0 Å². The molecule has 0 fully saturated rings. The van der Waals surface area contributed by atoms with Gasteiger partial charge in [0.1, 0.15) is 22.3 Å². The number of hydrogen-bond donors (Lipinski definition) is 0. The van der Waals surface area contributed by atoms with E-state index in [1.807, 2.05) is 36.4 Å². The molecule has 0 saturated carbocycles. The summed E-state index contributed by atoms with van der Waals surface area (Å²) in [5.41, 5.74) is 5.82. The zero-order valence-electron chi connectivity index (χ0n) is 17.5. The van der Waals surface area contributed by atoms with Crippen LogP contribution in [0.3, 0.4) is 0 Å². The lowest BCUT2D eigenvalue weighted by atomic mass is 10.0. The van der Waals surface area contributed by atoms with Gasteiger partial charge in [-0.05, 0) is 48.5 Å². The summed E-state index contributed by atoms with van der Waals surface area (Å²) in [6.45, 7) is 0. The first-order chi connectivity index (χ1) is 15.8. The highest BCUT2D eigenvalue weighted by molar-refractivity contribution is 6.27. The molecule has 152 valence electrons. The van der Waals surface area contributed by atoms with Crippen LogP contribution in [-0.4, -0.2) is 4.57 Å². The fourth-order valence-corrected chi connectivity index (χ4v) is 4.91. The van der Waals surface area contributed by atoms with E-state index in [1.54, 1.807) is 0 Å². The van der Waals surface area contributed by atoms with Gasteiger partial charge in [0.15, 0.2) is 0 Å². The molecule has 3 heterocycles. The van der Waals surface area contributed by atoms with E-state index >= 15 is 0 Å². The Balaban J connectivity index is 1.76. The number of para-hydroxylation sites is 2. The number of benzene rings is 4. The summed E-state index contributed by atoms with van der Waals surface area (Å²) in [6, 6.07) is 33.4. The molecule has 32 heavy (non-hydrogen) atoms. The summed E-state index contributed by atoms with van der Waals surface area (Å²) in [7, 11) is 2.12. The molecule has 4 aromatic carbocycles. The van der Waals surface area contributed by atoms with Crippen molar-refractivity contribution < 1.29 is 8.83 Å². The van der Waals surface area contributed by atoms with Crippen LogP contribution in [0.2, 0.25) is 0 Å². The molecule has 3 heteroatoms. The van der Waals surface area contributed by atoms with Crippen molar-refractivity contribution in [3.05, 3.63) is 97.1 Å². The van der Waals surface area contributed by atoms with E-state index in [1.165, 1.54) is 21.8 Å². The second-order valence-electron chi connectivity index (χ2n) is 8.25. The normalized spacial score (nSPS) is 11.9. The highest BCUT2D eigenvalue weighted by Gasteiger charge is 2.15. The smallest absolute Gasteiger partial charge is 0.135 e. The number of aryl methyl sites for hydroxylation is 1. The average molecular weight is 413 g/mol. The van der Waals surface area contributed by atoms with Crippen LogP contribution in [0.5, 0.6) is 0 Å². The highest BCUT2D eigenvalue weighted by atomic mass is 16.3. The molecule has 0 saturated heterocycles. The largest absolute Gasteiger partial charge is 0.456 e. The van der Waals surface area contributed by atoms with Crippen LogP contribution in [0, 0.1) is 0 Å². The monoisotopic (exact) mass is 413 g/mol. The first-order valence-electron chi connectivity index (χ1n) is 10.8. The lowest BCUT2D eigenvalue weighted by Crippen LogP contribution is -1.85. The molecule has 0 aliphatic rings. The Labute approximate surface area is 183 Å². The second kappa shape index (κ2) is 6.38. The molecular formula is C29H19NO2. The minimum absolute atomic E-state index is 0.866. The molecule has 0 atom stereocenters. The predicted octanol–water partition coefficient (Wildman–Crippen LogP) is 8.25. The van der Waals surface area contributed by atoms with Crippen molar-refractivity contribution in [2.45, 2.75) is 0 Å². The number of hydrogen-bond acceptors (Lipinski definition) is 2. The van der Waals surface area contributed by atoms with E-state index in [4.69, 9.17) is 8.83 Å². The van der Waals surface area contributed by atoms with E-state index in [-0.39, 0.29) is 0 Å². The van der Waals surface area contributed by atoms with Gasteiger partial charge in [-0.1, -0.05) is 48.5 Å². The minimum Gasteiger partial charge on any atom is -0.456 e. The van der Waals surface area contributed by atoms with Gasteiger partial charge in [0, 0.05) is 50.4 Å². The maximum absolute atomic E-state index is 6.37. The molecule has 0 amide bonds. The molecule has 0 aliphatic heterocycles. The van der Waals surface area contributed by atoms with E-state index in [0.29, 0.717) is 0 Å². The Bertz CT molecular complexity index is 1760. The zero-order chi connectivity index (χ0) is 21.2. The highest BCUT2D eigenvalue weighted by Crippen LogP contribution is 2.39. The lowest BCUT2D eigenvalue weighted by molar-refractivity contribution is 0.663. The first-order valence-corrected chi connectivity index (χ1v) is 10.8. The van der Waals surface area contributed by atoms with Gasteiger partial charge in [-0.2, -0.15) is 0 Å². The molecule has 3 aromatic heterocycles. The summed E-state index contributed by atoms with van der Waals surface area (Å²) in [5, 5.41) is 6.70. The zero-order valence-corrected chi connectivity index (χ0v) is 17.5. The fourth-order valence-electron chi connectivity index (χ4n) is 4.91. The van der Waals surface area contributed by atoms with E-state index < -0.39 is 0 Å². The molecule has 0 aliphatic carbocycles. The van der Waals surface area contributed by atoms with Crippen molar-refractivity contribution in [2.24, 2.45) is 7.05 Å². The van der Waals surface area contributed by atoms with Gasteiger partial charge < -0.3 is 13.4 Å². The summed E-state index contributed by atoms with van der Waals surface area (Å²) >= 11 is 0. The molecule has 7 rings (SSSR count). The topological polar surface area (TPSA) is 31.2 Å². The summed E-state index contributed by atoms with van der Waals surface area (Å²) in [6.07, 6.45) is 0. The number of rotatable bonds is 0. The number of fused-ring (bicyclic) bond motifs is 9. The van der Waals surface area contributed by atoms with Crippen LogP contribution in [-0.2, 0) is 7.05 Å². The van der Waals surface area contributed by atoms with Crippen LogP contribution in [0.25, 0.3) is 65.7 Å². The van der Waals surface area contributed by atoms with Gasteiger partial charge in [0.2, 0.25) is 0 Å². The van der Waals surface area contributed by atoms with Crippen LogP contribution < -0.4 is 0 Å². The summed E-state index contributed by atoms with van der Waals surface area (Å²) in [5.74, 6) is 0. The number of aromatic nitrogens is 1. The second-order valence-corrected chi connectivity index (χ2v) is 8.25. The summed E-state index contributed by atoms with van der Waals surface area (Å²) in [4.78, 5) is 0. The van der Waals surface area contributed by atoms with Crippen molar-refractivity contribution in [1.82, 2.24) is 4.57 Å². The van der Waals surface area contributed by atoms with Crippen LogP contribution in [0.15, 0.2) is 106 Å². The molecule has 3 nitrogen and oxygen atoms in total. The third-order valence-electron chi connectivity index (χ3n) is 6.48. The average Bonchev–Trinajstić information content (AvgIpc) is 2.97. The Morgan fingerprint density at radius 2 is 0.938 bits per heavy atom. The molecule has 0 bridgehead atoms. The SMILES string of the molecule is Cn1c2ccc3oc4ccccc4ccc3c2c2c3ccc4ccccc4oc3ccc21. The van der Waals surface area contributed by atoms with Crippen molar-refractivity contribution in [2.75, 3.05) is 0 Å². The van der Waals surface area contributed by atoms with E-state index in [2.05, 4.69) is 72.3 Å². The predicted molar refractivity (Wildman–Crippen MR) is 133 cm³/mol. The van der Waals surface area contributed by atoms with Crippen molar-refractivity contribution in [3.63, 3.8) is 0 Å². The third kappa shape index (κ3) is 2.36. The number of nitrogens with zero attached hydrogens (tertiary/aromatic N) is 1. The molecule has 0 radical (unpaired) electrons. The maximum atomic E-state index is 6.37. The minimum atomic E-state index is 0.866. The van der Waals surface area contributed by atoms with Gasteiger partial charge in [-0.3, -0.25) is 0 Å². The Morgan fingerprint density at radius 3 is 1.44 bits per heavy atom. The van der Waals surface area contributed by atoms with Gasteiger partial charge in [0.25, 0.3) is 0 Å². The first kappa shape index (κ1) is 17.4. The van der Waals surface area contributed by atoms with E-state index in [0.717, 1.165) is 43.9 Å². The van der Waals surface area contributed by atoms with Gasteiger partial charge in [-0.15, -0.1) is 0 Å². The molecule has 0 spiro atoms. The Morgan fingerprint density at radius 1 is 0.469 bits per heavy atom. The van der Waals surface area contributed by atoms with Crippen LogP contribution in [0.4, 0.5) is 0 Å². The quantitative estimate of drug-likeness (QED) is 0.251. The standard InChI is InChI=1S/C29H19NO2/c1-30-22-14-16-26-20(12-10-18-6-2-4-8-24(18)31-26)28(22)29-21-13-11-19-7-3-5-9-25(19)32-27(21)17-15-23(29)30/h2-17H,1H3. The van der Waals surface area contributed by atoms with Crippen LogP contribution >= 0.6 is 0 Å². The van der Waals surface area contributed by atoms with E-state index in [9.17, 15) is 0 Å². The van der Waals surface area contributed by atoms with Crippen molar-refractivity contribution in [1.29, 1.82) is 0 Å². The van der Waals surface area contributed by atoms with Gasteiger partial charge in [-0.25, -0.2) is 0 Å². The maximum Gasteiger partial charge on any atom is 0.135 e. The van der Waals surface area contributed by atoms with Crippen molar-refractivity contribution >= 4 is 65.7 Å². The van der Waals surface area contributed by atoms with Gasteiger partial charge in [0.05, 0.1) is 0 Å². The fraction of sp³-hybridized carbons (Fsp3) is 0.0345. The summed E-state index contributed by atoms with van der Waals surface area (Å²) < 4.78 is 15.0. The molecular weight excluding hydrogens is 394 g/mol. The Hall–Kier alpha value is -4.24. The molecule has 0 N–H and O–H groups in total. The molecule has 0 unspecified atom stereocenters. The molecule has 7 aromatic rings. The Kier molecular flexibility index (Phi) is 3.48.